The molecule has 0 saturated heterocycles. The van der Waals surface area contributed by atoms with Crippen LogP contribution in [0.3, 0.4) is 0 Å². The van der Waals surface area contributed by atoms with Gasteiger partial charge in [-0.3, -0.25) is 0 Å². The molecular weight excluding hydrogens is 192 g/mol. The van der Waals surface area contributed by atoms with E-state index in [1.165, 1.54) is 0 Å². The van der Waals surface area contributed by atoms with Gasteiger partial charge < -0.3 is 5.11 Å². The van der Waals surface area contributed by atoms with Crippen LogP contribution in [0.2, 0.25) is 0 Å². The fourth-order valence-corrected chi connectivity index (χ4v) is 0.250. The summed E-state index contributed by atoms with van der Waals surface area (Å²) in [7, 11) is 0. The maximum atomic E-state index is 8.14. The zero-order chi connectivity index (χ0) is 12.7. The molecule has 0 saturated carbocycles. The largest absolute Gasteiger partial charge is 0.396 e. The van der Waals surface area contributed by atoms with E-state index in [1.807, 2.05) is 55.4 Å². The zero-order valence-electron chi connectivity index (χ0n) is 11.5. The molecule has 0 aliphatic carbocycles. The first-order valence-corrected chi connectivity index (χ1v) is 5.45. The van der Waals surface area contributed by atoms with E-state index in [-0.39, 0.29) is 11.2 Å². The predicted molar refractivity (Wildman–Crippen MR) is 63.6 cm³/mol. The third-order valence-corrected chi connectivity index (χ3v) is 0.907. The Bertz CT molecular complexity index is 126. The Hall–Kier alpha value is -0.120. The number of aliphatic hydroxyl groups is 1. The fraction of sp³-hybridized carbons (Fsp3) is 1.00. The maximum absolute atomic E-state index is 8.14. The number of hydrogen-bond donors (Lipinski definition) is 1. The summed E-state index contributed by atoms with van der Waals surface area (Å²) in [5, 5.41) is 8.14. The minimum atomic E-state index is -0.215. The highest BCUT2D eigenvalue weighted by Gasteiger charge is 2.18. The number of hydrogen-bond acceptors (Lipinski definition) is 3. The monoisotopic (exact) mass is 220 g/mol. The molecule has 0 bridgehead atoms. The summed E-state index contributed by atoms with van der Waals surface area (Å²) >= 11 is 0. The quantitative estimate of drug-likeness (QED) is 0.574. The van der Waals surface area contributed by atoms with E-state index in [0.29, 0.717) is 12.5 Å². The molecule has 0 aliphatic heterocycles. The van der Waals surface area contributed by atoms with Crippen molar-refractivity contribution in [2.24, 2.45) is 5.92 Å². The average Bonchev–Trinajstić information content (AvgIpc) is 2.00. The molecule has 0 radical (unpaired) electrons. The molecule has 0 spiro atoms. The van der Waals surface area contributed by atoms with Gasteiger partial charge in [-0.2, -0.15) is 0 Å². The third-order valence-electron chi connectivity index (χ3n) is 0.907. The lowest BCUT2D eigenvalue weighted by molar-refractivity contribution is -0.393. The molecule has 0 aromatic carbocycles. The highest BCUT2D eigenvalue weighted by atomic mass is 17.2. The van der Waals surface area contributed by atoms with E-state index in [4.69, 9.17) is 14.9 Å². The van der Waals surface area contributed by atoms with Gasteiger partial charge in [-0.05, 0) is 47.5 Å². The first-order chi connectivity index (χ1) is 6.48. The first kappa shape index (κ1) is 17.3. The molecule has 3 nitrogen and oxygen atoms in total. The Morgan fingerprint density at radius 3 is 1.13 bits per heavy atom. The van der Waals surface area contributed by atoms with Gasteiger partial charge in [-0.1, -0.05) is 13.8 Å². The van der Waals surface area contributed by atoms with Crippen molar-refractivity contribution in [3.05, 3.63) is 0 Å². The molecule has 0 rings (SSSR count). The van der Waals surface area contributed by atoms with Gasteiger partial charge in [0, 0.05) is 6.61 Å². The maximum Gasteiger partial charge on any atom is 0.0952 e. The van der Waals surface area contributed by atoms with Crippen LogP contribution in [0.4, 0.5) is 0 Å². The van der Waals surface area contributed by atoms with Gasteiger partial charge in [-0.15, -0.1) is 0 Å². The number of aliphatic hydroxyl groups excluding tert-OH is 1. The molecule has 3 heteroatoms. The van der Waals surface area contributed by atoms with Crippen LogP contribution in [0.15, 0.2) is 0 Å². The summed E-state index contributed by atoms with van der Waals surface area (Å²) in [5.41, 5.74) is -0.430. The minimum Gasteiger partial charge on any atom is -0.396 e. The Kier molecular flexibility index (Phi) is 8.30. The SMILES string of the molecule is CC(C)(C)OOC(C)(C)C.CC(C)CO. The lowest BCUT2D eigenvalue weighted by Crippen LogP contribution is -2.27. The lowest BCUT2D eigenvalue weighted by Gasteiger charge is -2.24. The van der Waals surface area contributed by atoms with Crippen LogP contribution in [-0.4, -0.2) is 22.9 Å². The normalized spacial score (nSPS) is 12.4. The third kappa shape index (κ3) is 24.8. The van der Waals surface area contributed by atoms with Crippen LogP contribution < -0.4 is 0 Å². The molecule has 1 N–H and O–H groups in total. The molecular formula is C12H28O3. The van der Waals surface area contributed by atoms with Crippen molar-refractivity contribution in [3.8, 4) is 0 Å². The van der Waals surface area contributed by atoms with Gasteiger partial charge in [0.2, 0.25) is 0 Å². The Morgan fingerprint density at radius 1 is 0.867 bits per heavy atom. The fourth-order valence-electron chi connectivity index (χ4n) is 0.250. The van der Waals surface area contributed by atoms with Gasteiger partial charge in [0.25, 0.3) is 0 Å². The van der Waals surface area contributed by atoms with Gasteiger partial charge in [-0.25, -0.2) is 9.78 Å². The van der Waals surface area contributed by atoms with Gasteiger partial charge in [0.1, 0.15) is 0 Å². The first-order valence-electron chi connectivity index (χ1n) is 5.45. The van der Waals surface area contributed by atoms with E-state index >= 15 is 0 Å². The minimum absolute atomic E-state index is 0.215. The summed E-state index contributed by atoms with van der Waals surface area (Å²) in [6.07, 6.45) is 0. The van der Waals surface area contributed by atoms with Crippen LogP contribution in [-0.2, 0) is 9.78 Å². The van der Waals surface area contributed by atoms with Crippen LogP contribution >= 0.6 is 0 Å². The van der Waals surface area contributed by atoms with E-state index < -0.39 is 0 Å². The summed E-state index contributed by atoms with van der Waals surface area (Å²) in [6.45, 7) is 16.0. The van der Waals surface area contributed by atoms with E-state index in [1.54, 1.807) is 0 Å². The molecule has 0 aromatic rings. The summed E-state index contributed by atoms with van der Waals surface area (Å²) in [6, 6.07) is 0. The van der Waals surface area contributed by atoms with Crippen LogP contribution in [0.1, 0.15) is 55.4 Å². The van der Waals surface area contributed by atoms with Crippen molar-refractivity contribution in [2.75, 3.05) is 6.61 Å². The Labute approximate surface area is 94.7 Å². The van der Waals surface area contributed by atoms with Gasteiger partial charge >= 0.3 is 0 Å². The van der Waals surface area contributed by atoms with Crippen molar-refractivity contribution >= 4 is 0 Å². The van der Waals surface area contributed by atoms with Crippen molar-refractivity contribution in [1.82, 2.24) is 0 Å². The molecule has 0 amide bonds. The van der Waals surface area contributed by atoms with E-state index in [0.717, 1.165) is 0 Å². The topological polar surface area (TPSA) is 38.7 Å². The second-order valence-corrected chi connectivity index (χ2v) is 5.97. The van der Waals surface area contributed by atoms with Crippen LogP contribution in [0.25, 0.3) is 0 Å². The molecule has 0 heterocycles. The predicted octanol–water partition coefficient (Wildman–Crippen LogP) is 3.17. The highest BCUT2D eigenvalue weighted by Crippen LogP contribution is 2.14. The van der Waals surface area contributed by atoms with Crippen LogP contribution in [0.5, 0.6) is 0 Å². The standard InChI is InChI=1S/C8H18O2.C4H10O/c1-7(2,3)9-10-8(4,5)6;1-4(2)3-5/h1-6H3;4-5H,3H2,1-2H3. The van der Waals surface area contributed by atoms with Crippen molar-refractivity contribution in [2.45, 2.75) is 66.6 Å². The van der Waals surface area contributed by atoms with E-state index in [9.17, 15) is 0 Å². The average molecular weight is 220 g/mol. The van der Waals surface area contributed by atoms with Crippen molar-refractivity contribution < 1.29 is 14.9 Å². The van der Waals surface area contributed by atoms with E-state index in [2.05, 4.69) is 0 Å². The van der Waals surface area contributed by atoms with Crippen molar-refractivity contribution in [3.63, 3.8) is 0 Å². The summed E-state index contributed by atoms with van der Waals surface area (Å²) in [4.78, 5) is 10.2. The zero-order valence-corrected chi connectivity index (χ0v) is 11.5. The lowest BCUT2D eigenvalue weighted by atomic mass is 10.2. The molecule has 0 unspecified atom stereocenters. The molecule has 0 fully saturated rings. The van der Waals surface area contributed by atoms with Gasteiger partial charge in [0.05, 0.1) is 11.2 Å². The molecule has 15 heavy (non-hydrogen) atoms. The summed E-state index contributed by atoms with van der Waals surface area (Å²) in [5.74, 6) is 0.440. The Balaban J connectivity index is 0. The van der Waals surface area contributed by atoms with Gasteiger partial charge in [0.15, 0.2) is 0 Å². The van der Waals surface area contributed by atoms with Crippen molar-refractivity contribution in [1.29, 1.82) is 0 Å². The smallest absolute Gasteiger partial charge is 0.0952 e. The number of rotatable bonds is 2. The second-order valence-electron chi connectivity index (χ2n) is 5.97. The molecule has 0 atom stereocenters. The second kappa shape index (κ2) is 7.20. The summed E-state index contributed by atoms with van der Waals surface area (Å²) < 4.78 is 0. The molecule has 0 aromatic heterocycles. The molecule has 94 valence electrons. The highest BCUT2D eigenvalue weighted by molar-refractivity contribution is 4.58. The van der Waals surface area contributed by atoms with Crippen LogP contribution in [0, 0.1) is 5.92 Å². The Morgan fingerprint density at radius 2 is 1.07 bits per heavy atom. The molecule has 0 aliphatic rings.